The lowest BCUT2D eigenvalue weighted by molar-refractivity contribution is 0.308. The Morgan fingerprint density at radius 2 is 1.47 bits per heavy atom. The third kappa shape index (κ3) is 5.35. The van der Waals surface area contributed by atoms with Crippen molar-refractivity contribution in [2.45, 2.75) is 6.42 Å². The largest absolute Gasteiger partial charge is 0.496 e. The maximum Gasteiger partial charge on any atom is 0.267 e. The van der Waals surface area contributed by atoms with Gasteiger partial charge in [-0.25, -0.2) is 0 Å². The van der Waals surface area contributed by atoms with Crippen LogP contribution in [0.15, 0.2) is 18.2 Å². The van der Waals surface area contributed by atoms with Crippen molar-refractivity contribution in [1.29, 1.82) is 0 Å². The molecule has 1 rings (SSSR count). The second kappa shape index (κ2) is 7.20. The molecule has 0 fully saturated rings. The quantitative estimate of drug-likeness (QED) is 0.533. The van der Waals surface area contributed by atoms with Crippen LogP contribution in [0, 0.1) is 0 Å². The lowest BCUT2D eigenvalue weighted by atomic mass is 10.3. The number of rotatable bonds is 8. The number of methoxy groups -OCH3 is 2. The minimum absolute atomic E-state index is 0.0788. The third-order valence-corrected chi connectivity index (χ3v) is 3.68. The predicted molar refractivity (Wildman–Crippen MR) is 70.5 cm³/mol. The molecule has 0 aliphatic carbocycles. The molecule has 0 heterocycles. The second-order valence-corrected chi connectivity index (χ2v) is 5.54. The minimum atomic E-state index is -3.43. The smallest absolute Gasteiger partial charge is 0.267 e. The van der Waals surface area contributed by atoms with Gasteiger partial charge in [0.2, 0.25) is 0 Å². The molecule has 7 heteroatoms. The fourth-order valence-corrected chi connectivity index (χ4v) is 2.01. The molecule has 0 saturated heterocycles. The normalized spacial score (nSPS) is 11.1. The Kier molecular flexibility index (Phi) is 5.91. The average molecular weight is 290 g/mol. The molecule has 108 valence electrons. The van der Waals surface area contributed by atoms with E-state index in [4.69, 9.17) is 14.2 Å². The second-order valence-electron chi connectivity index (χ2n) is 3.68. The van der Waals surface area contributed by atoms with Crippen LogP contribution in [-0.2, 0) is 14.3 Å². The number of hydrogen-bond acceptors (Lipinski definition) is 6. The number of benzene rings is 1. The number of hydrogen-bond donors (Lipinski definition) is 0. The maximum absolute atomic E-state index is 11.1. The Balaban J connectivity index is 2.53. The minimum Gasteiger partial charge on any atom is -0.496 e. The zero-order chi connectivity index (χ0) is 14.3. The predicted octanol–water partition coefficient (Wildman–Crippen LogP) is 1.45. The molecule has 0 aliphatic heterocycles. The zero-order valence-corrected chi connectivity index (χ0v) is 12.0. The van der Waals surface area contributed by atoms with Crippen LogP contribution >= 0.6 is 0 Å². The first-order valence-corrected chi connectivity index (χ1v) is 7.22. The van der Waals surface area contributed by atoms with Gasteiger partial charge in [0.1, 0.15) is 17.2 Å². The Morgan fingerprint density at radius 3 is 1.95 bits per heavy atom. The van der Waals surface area contributed by atoms with Crippen molar-refractivity contribution in [3.05, 3.63) is 18.2 Å². The van der Waals surface area contributed by atoms with Crippen molar-refractivity contribution in [2.75, 3.05) is 33.7 Å². The van der Waals surface area contributed by atoms with Gasteiger partial charge >= 0.3 is 0 Å². The van der Waals surface area contributed by atoms with E-state index in [-0.39, 0.29) is 12.4 Å². The maximum atomic E-state index is 11.1. The SMILES string of the molecule is COc1cc(OC)cc(OCCCS(=O)(=O)OC)c1. The van der Waals surface area contributed by atoms with E-state index in [1.807, 2.05) is 0 Å². The zero-order valence-electron chi connectivity index (χ0n) is 11.2. The van der Waals surface area contributed by atoms with Gasteiger partial charge in [-0.15, -0.1) is 0 Å². The van der Waals surface area contributed by atoms with E-state index in [1.54, 1.807) is 32.4 Å². The Hall–Kier alpha value is -1.47. The van der Waals surface area contributed by atoms with Gasteiger partial charge in [0.05, 0.1) is 33.7 Å². The fraction of sp³-hybridized carbons (Fsp3) is 0.500. The first kappa shape index (κ1) is 15.6. The summed E-state index contributed by atoms with van der Waals surface area (Å²) in [5.41, 5.74) is 0. The Bertz CT molecular complexity index is 475. The van der Waals surface area contributed by atoms with Gasteiger partial charge in [-0.2, -0.15) is 8.42 Å². The molecule has 0 radical (unpaired) electrons. The molecular formula is C12H18O6S. The van der Waals surface area contributed by atoms with Crippen LogP contribution in [0.5, 0.6) is 17.2 Å². The summed E-state index contributed by atoms with van der Waals surface area (Å²) in [6, 6.07) is 5.13. The van der Waals surface area contributed by atoms with E-state index in [0.29, 0.717) is 23.7 Å². The standard InChI is InChI=1S/C12H18O6S/c1-15-10-7-11(16-2)9-12(8-10)18-5-4-6-19(13,14)17-3/h7-9H,4-6H2,1-3H3. The summed E-state index contributed by atoms with van der Waals surface area (Å²) in [5.74, 6) is 1.70. The molecule has 0 aromatic heterocycles. The van der Waals surface area contributed by atoms with E-state index in [9.17, 15) is 8.42 Å². The monoisotopic (exact) mass is 290 g/mol. The van der Waals surface area contributed by atoms with Crippen LogP contribution in [0.4, 0.5) is 0 Å². The van der Waals surface area contributed by atoms with Crippen molar-refractivity contribution >= 4 is 10.1 Å². The molecule has 0 N–H and O–H groups in total. The van der Waals surface area contributed by atoms with E-state index < -0.39 is 10.1 Å². The molecule has 0 unspecified atom stereocenters. The van der Waals surface area contributed by atoms with Crippen LogP contribution in [0.25, 0.3) is 0 Å². The topological polar surface area (TPSA) is 71.1 Å². The van der Waals surface area contributed by atoms with E-state index >= 15 is 0 Å². The first-order valence-electron chi connectivity index (χ1n) is 5.65. The molecule has 0 amide bonds. The van der Waals surface area contributed by atoms with Gasteiger partial charge < -0.3 is 14.2 Å². The van der Waals surface area contributed by atoms with Crippen LogP contribution in [0.3, 0.4) is 0 Å². The molecular weight excluding hydrogens is 272 g/mol. The van der Waals surface area contributed by atoms with Gasteiger partial charge in [-0.3, -0.25) is 4.18 Å². The van der Waals surface area contributed by atoms with Crippen LogP contribution < -0.4 is 14.2 Å². The molecule has 0 spiro atoms. The van der Waals surface area contributed by atoms with Crippen LogP contribution in [-0.4, -0.2) is 42.1 Å². The van der Waals surface area contributed by atoms with Gasteiger partial charge in [0, 0.05) is 18.2 Å². The Labute approximate surface area is 113 Å². The molecule has 0 saturated carbocycles. The molecule has 0 aliphatic rings. The van der Waals surface area contributed by atoms with Crippen molar-refractivity contribution in [3.8, 4) is 17.2 Å². The first-order chi connectivity index (χ1) is 9.00. The highest BCUT2D eigenvalue weighted by atomic mass is 32.2. The van der Waals surface area contributed by atoms with Crippen molar-refractivity contribution in [3.63, 3.8) is 0 Å². The summed E-state index contributed by atoms with van der Waals surface area (Å²) in [6.45, 7) is 0.263. The van der Waals surface area contributed by atoms with Crippen LogP contribution in [0.2, 0.25) is 0 Å². The molecule has 1 aromatic rings. The highest BCUT2D eigenvalue weighted by Crippen LogP contribution is 2.27. The molecule has 19 heavy (non-hydrogen) atoms. The summed E-state index contributed by atoms with van der Waals surface area (Å²) < 4.78 is 42.2. The number of ether oxygens (including phenoxy) is 3. The van der Waals surface area contributed by atoms with E-state index in [1.165, 1.54) is 0 Å². The van der Waals surface area contributed by atoms with Gasteiger partial charge in [0.25, 0.3) is 10.1 Å². The summed E-state index contributed by atoms with van der Waals surface area (Å²) >= 11 is 0. The van der Waals surface area contributed by atoms with E-state index in [0.717, 1.165) is 7.11 Å². The lowest BCUT2D eigenvalue weighted by Crippen LogP contribution is -2.11. The van der Waals surface area contributed by atoms with E-state index in [2.05, 4.69) is 4.18 Å². The molecule has 6 nitrogen and oxygen atoms in total. The summed E-state index contributed by atoms with van der Waals surface area (Å²) in [4.78, 5) is 0. The van der Waals surface area contributed by atoms with Crippen molar-refractivity contribution < 1.29 is 26.8 Å². The molecule has 1 aromatic carbocycles. The average Bonchev–Trinajstić information content (AvgIpc) is 2.43. The van der Waals surface area contributed by atoms with Crippen molar-refractivity contribution in [1.82, 2.24) is 0 Å². The summed E-state index contributed by atoms with van der Waals surface area (Å²) in [7, 11) is 0.804. The van der Waals surface area contributed by atoms with Gasteiger partial charge in [0.15, 0.2) is 0 Å². The van der Waals surface area contributed by atoms with Gasteiger partial charge in [-0.05, 0) is 6.42 Å². The highest BCUT2D eigenvalue weighted by Gasteiger charge is 2.08. The van der Waals surface area contributed by atoms with Crippen molar-refractivity contribution in [2.24, 2.45) is 0 Å². The molecule has 0 atom stereocenters. The summed E-state index contributed by atoms with van der Waals surface area (Å²) in [5, 5.41) is 0. The lowest BCUT2D eigenvalue weighted by Gasteiger charge is -2.10. The third-order valence-electron chi connectivity index (χ3n) is 2.39. The summed E-state index contributed by atoms with van der Waals surface area (Å²) in [6.07, 6.45) is 0.343. The Morgan fingerprint density at radius 1 is 0.947 bits per heavy atom. The highest BCUT2D eigenvalue weighted by molar-refractivity contribution is 7.86. The molecule has 0 bridgehead atoms. The van der Waals surface area contributed by atoms with Crippen LogP contribution in [0.1, 0.15) is 6.42 Å². The van der Waals surface area contributed by atoms with Gasteiger partial charge in [-0.1, -0.05) is 0 Å². The fourth-order valence-electron chi connectivity index (χ4n) is 1.37.